The number of aryl methyl sites for hydroxylation is 2. The molecule has 3 N–H and O–H groups in total. The van der Waals surface area contributed by atoms with Gasteiger partial charge in [0.05, 0.1) is 0 Å². The number of carbonyl (C=O) groups excluding carboxylic acids is 1. The highest BCUT2D eigenvalue weighted by Gasteiger charge is 2.30. The molecule has 0 aliphatic heterocycles. The first-order valence-corrected chi connectivity index (χ1v) is 6.06. The summed E-state index contributed by atoms with van der Waals surface area (Å²) in [6.45, 7) is 3.63. The van der Waals surface area contributed by atoms with Gasteiger partial charge in [0.25, 0.3) is 10.1 Å². The van der Waals surface area contributed by atoms with Crippen molar-refractivity contribution in [2.24, 2.45) is 5.73 Å². The van der Waals surface area contributed by atoms with Crippen LogP contribution in [-0.2, 0) is 14.9 Å². The third-order valence-electron chi connectivity index (χ3n) is 2.39. The minimum Gasteiger partial charge on any atom is -0.368 e. The monoisotopic (exact) mass is 243 g/mol. The molecule has 1 aromatic rings. The third-order valence-corrected chi connectivity index (χ3v) is 3.49. The largest absolute Gasteiger partial charge is 0.368 e. The van der Waals surface area contributed by atoms with Crippen LogP contribution in [0.2, 0.25) is 0 Å². The molecule has 0 saturated carbocycles. The first-order chi connectivity index (χ1) is 7.23. The molecule has 16 heavy (non-hydrogen) atoms. The Morgan fingerprint density at radius 2 is 1.88 bits per heavy atom. The van der Waals surface area contributed by atoms with Crippen LogP contribution in [0.25, 0.3) is 0 Å². The minimum absolute atomic E-state index is 0.179. The van der Waals surface area contributed by atoms with Gasteiger partial charge in [0.2, 0.25) is 5.91 Å². The minimum atomic E-state index is -4.52. The average Bonchev–Trinajstić information content (AvgIpc) is 2.08. The van der Waals surface area contributed by atoms with E-state index in [0.717, 1.165) is 11.1 Å². The highest BCUT2D eigenvalue weighted by atomic mass is 32.2. The molecule has 1 amide bonds. The van der Waals surface area contributed by atoms with Crippen LogP contribution in [0.5, 0.6) is 0 Å². The predicted molar refractivity (Wildman–Crippen MR) is 59.4 cm³/mol. The van der Waals surface area contributed by atoms with Gasteiger partial charge < -0.3 is 5.73 Å². The predicted octanol–water partition coefficient (Wildman–Crippen LogP) is 0.718. The van der Waals surface area contributed by atoms with Crippen LogP contribution in [-0.4, -0.2) is 18.9 Å². The van der Waals surface area contributed by atoms with Crippen LogP contribution < -0.4 is 5.73 Å². The molecule has 0 radical (unpaired) electrons. The topological polar surface area (TPSA) is 97.5 Å². The van der Waals surface area contributed by atoms with Crippen molar-refractivity contribution in [1.82, 2.24) is 0 Å². The molecule has 0 aromatic heterocycles. The lowest BCUT2D eigenvalue weighted by atomic mass is 10.0. The van der Waals surface area contributed by atoms with E-state index in [-0.39, 0.29) is 5.56 Å². The molecule has 5 nitrogen and oxygen atoms in total. The second-order valence-electron chi connectivity index (χ2n) is 3.64. The lowest BCUT2D eigenvalue weighted by Crippen LogP contribution is -2.28. The zero-order valence-corrected chi connectivity index (χ0v) is 9.78. The number of benzene rings is 1. The standard InChI is InChI=1S/C10H13NO4S/c1-6-3-4-8(5-7(6)2)9(10(11)12)16(13,14)15/h3-5,9H,1-2H3,(H2,11,12)(H,13,14,15). The van der Waals surface area contributed by atoms with Gasteiger partial charge in [-0.15, -0.1) is 0 Å². The Hall–Kier alpha value is -1.40. The molecular formula is C10H13NO4S. The Kier molecular flexibility index (Phi) is 3.35. The van der Waals surface area contributed by atoms with E-state index >= 15 is 0 Å². The van der Waals surface area contributed by atoms with Gasteiger partial charge in [-0.2, -0.15) is 8.42 Å². The smallest absolute Gasteiger partial charge is 0.281 e. The van der Waals surface area contributed by atoms with E-state index in [1.807, 2.05) is 6.92 Å². The number of rotatable bonds is 3. The number of nitrogens with two attached hydrogens (primary N) is 1. The van der Waals surface area contributed by atoms with Crippen LogP contribution in [0, 0.1) is 13.8 Å². The summed E-state index contributed by atoms with van der Waals surface area (Å²) in [6.07, 6.45) is 0. The third kappa shape index (κ3) is 2.59. The lowest BCUT2D eigenvalue weighted by Gasteiger charge is -2.12. The van der Waals surface area contributed by atoms with E-state index in [1.54, 1.807) is 13.0 Å². The van der Waals surface area contributed by atoms with Crippen molar-refractivity contribution in [3.05, 3.63) is 34.9 Å². The summed E-state index contributed by atoms with van der Waals surface area (Å²) in [5.41, 5.74) is 6.93. The van der Waals surface area contributed by atoms with Gasteiger partial charge in [-0.1, -0.05) is 18.2 Å². The molecule has 0 spiro atoms. The number of amides is 1. The van der Waals surface area contributed by atoms with Crippen LogP contribution in [0.3, 0.4) is 0 Å². The van der Waals surface area contributed by atoms with Gasteiger partial charge in [0.15, 0.2) is 5.25 Å². The Labute approximate surface area is 94.0 Å². The maximum atomic E-state index is 11.0. The van der Waals surface area contributed by atoms with Crippen molar-refractivity contribution in [3.8, 4) is 0 Å². The zero-order valence-electron chi connectivity index (χ0n) is 8.97. The molecular weight excluding hydrogens is 230 g/mol. The molecule has 6 heteroatoms. The van der Waals surface area contributed by atoms with Crippen LogP contribution in [0.4, 0.5) is 0 Å². The fraction of sp³-hybridized carbons (Fsp3) is 0.300. The molecule has 1 unspecified atom stereocenters. The van der Waals surface area contributed by atoms with E-state index in [2.05, 4.69) is 0 Å². The molecule has 0 bridgehead atoms. The van der Waals surface area contributed by atoms with E-state index in [1.165, 1.54) is 12.1 Å². The zero-order chi connectivity index (χ0) is 12.5. The number of hydrogen-bond acceptors (Lipinski definition) is 3. The molecule has 0 aliphatic rings. The SMILES string of the molecule is Cc1ccc(C(C(N)=O)S(=O)(=O)O)cc1C. The molecule has 0 aliphatic carbocycles. The maximum Gasteiger partial charge on any atom is 0.281 e. The summed E-state index contributed by atoms with van der Waals surface area (Å²) >= 11 is 0. The summed E-state index contributed by atoms with van der Waals surface area (Å²) in [6, 6.07) is 4.66. The van der Waals surface area contributed by atoms with E-state index in [0.29, 0.717) is 0 Å². The quantitative estimate of drug-likeness (QED) is 0.764. The van der Waals surface area contributed by atoms with Gasteiger partial charge in [0, 0.05) is 0 Å². The first kappa shape index (κ1) is 12.7. The fourth-order valence-electron chi connectivity index (χ4n) is 1.41. The van der Waals surface area contributed by atoms with Crippen molar-refractivity contribution in [2.75, 3.05) is 0 Å². The molecule has 88 valence electrons. The van der Waals surface area contributed by atoms with Gasteiger partial charge in [0.1, 0.15) is 0 Å². The second-order valence-corrected chi connectivity index (χ2v) is 5.14. The van der Waals surface area contributed by atoms with Crippen molar-refractivity contribution < 1.29 is 17.8 Å². The summed E-state index contributed by atoms with van der Waals surface area (Å²) in [4.78, 5) is 11.0. The van der Waals surface area contributed by atoms with Crippen molar-refractivity contribution in [2.45, 2.75) is 19.1 Å². The van der Waals surface area contributed by atoms with E-state index < -0.39 is 21.3 Å². The Morgan fingerprint density at radius 3 is 2.25 bits per heavy atom. The fourth-order valence-corrected chi connectivity index (χ4v) is 2.19. The van der Waals surface area contributed by atoms with Crippen LogP contribution >= 0.6 is 0 Å². The van der Waals surface area contributed by atoms with E-state index in [4.69, 9.17) is 10.3 Å². The summed E-state index contributed by atoms with van der Waals surface area (Å²) in [5, 5.41) is -1.70. The van der Waals surface area contributed by atoms with Crippen molar-refractivity contribution in [1.29, 1.82) is 0 Å². The maximum absolute atomic E-state index is 11.0. The molecule has 1 aromatic carbocycles. The normalized spacial score (nSPS) is 13.4. The number of hydrogen-bond donors (Lipinski definition) is 2. The lowest BCUT2D eigenvalue weighted by molar-refractivity contribution is -0.117. The van der Waals surface area contributed by atoms with Crippen molar-refractivity contribution >= 4 is 16.0 Å². The second kappa shape index (κ2) is 4.23. The van der Waals surface area contributed by atoms with Gasteiger partial charge in [-0.3, -0.25) is 9.35 Å². The summed E-state index contributed by atoms with van der Waals surface area (Å²) < 4.78 is 31.0. The van der Waals surface area contributed by atoms with Crippen LogP contribution in [0.1, 0.15) is 21.9 Å². The first-order valence-electron chi connectivity index (χ1n) is 4.56. The Balaban J connectivity index is 3.34. The molecule has 0 heterocycles. The number of primary amides is 1. The number of carbonyl (C=O) groups is 1. The Morgan fingerprint density at radius 1 is 1.31 bits per heavy atom. The van der Waals surface area contributed by atoms with Crippen molar-refractivity contribution in [3.63, 3.8) is 0 Å². The summed E-state index contributed by atoms with van der Waals surface area (Å²) in [7, 11) is -4.52. The molecule has 1 atom stereocenters. The molecule has 0 saturated heterocycles. The Bertz CT molecular complexity index is 522. The highest BCUT2D eigenvalue weighted by molar-refractivity contribution is 7.86. The van der Waals surface area contributed by atoms with Crippen LogP contribution in [0.15, 0.2) is 18.2 Å². The van der Waals surface area contributed by atoms with Gasteiger partial charge in [-0.25, -0.2) is 0 Å². The van der Waals surface area contributed by atoms with Gasteiger partial charge >= 0.3 is 0 Å². The van der Waals surface area contributed by atoms with Gasteiger partial charge in [-0.05, 0) is 30.5 Å². The molecule has 0 fully saturated rings. The highest BCUT2D eigenvalue weighted by Crippen LogP contribution is 2.23. The summed E-state index contributed by atoms with van der Waals surface area (Å²) in [5.74, 6) is -1.09. The van der Waals surface area contributed by atoms with E-state index in [9.17, 15) is 13.2 Å². The molecule has 1 rings (SSSR count). The average molecular weight is 243 g/mol.